The molecule has 2 aliphatic rings. The van der Waals surface area contributed by atoms with Crippen molar-refractivity contribution in [3.8, 4) is 0 Å². The van der Waals surface area contributed by atoms with Crippen molar-refractivity contribution in [3.05, 3.63) is 68.2 Å². The van der Waals surface area contributed by atoms with Crippen LogP contribution in [0.1, 0.15) is 97.3 Å². The van der Waals surface area contributed by atoms with Gasteiger partial charge in [-0.05, 0) is 69.6 Å². The van der Waals surface area contributed by atoms with Crippen molar-refractivity contribution >= 4 is 57.8 Å². The highest BCUT2D eigenvalue weighted by Gasteiger charge is 2.33. The zero-order valence-electron chi connectivity index (χ0n) is 27.1. The van der Waals surface area contributed by atoms with Gasteiger partial charge in [-0.1, -0.05) is 48.7 Å². The first kappa shape index (κ1) is 35.4. The van der Waals surface area contributed by atoms with Crippen molar-refractivity contribution in [2.45, 2.75) is 65.2 Å². The second-order valence-corrected chi connectivity index (χ2v) is 13.1. The van der Waals surface area contributed by atoms with Gasteiger partial charge >= 0.3 is 11.9 Å². The third-order valence-electron chi connectivity index (χ3n) is 9.18. The van der Waals surface area contributed by atoms with E-state index in [4.69, 9.17) is 53.8 Å². The summed E-state index contributed by atoms with van der Waals surface area (Å²) in [5.41, 5.74) is 3.75. The molecule has 47 heavy (non-hydrogen) atoms. The number of carbonyl (C=O) groups excluding carboxylic acids is 2. The molecule has 4 aromatic rings. The van der Waals surface area contributed by atoms with Crippen LogP contribution in [0.2, 0.25) is 15.1 Å². The fourth-order valence-electron chi connectivity index (χ4n) is 6.65. The fraction of sp³-hybridized carbons (Fsp3) is 0.529. The summed E-state index contributed by atoms with van der Waals surface area (Å²) in [6.45, 7) is 11.5. The van der Waals surface area contributed by atoms with E-state index in [-0.39, 0.29) is 18.4 Å². The molecule has 0 spiro atoms. The quantitative estimate of drug-likeness (QED) is 0.170. The van der Waals surface area contributed by atoms with E-state index in [9.17, 15) is 9.59 Å². The number of rotatable bonds is 8. The molecule has 0 saturated carbocycles. The number of nitrogens with zero attached hydrogens (tertiary/aromatic N) is 4. The Morgan fingerprint density at radius 2 is 1.28 bits per heavy atom. The molecule has 0 radical (unpaired) electrons. The van der Waals surface area contributed by atoms with E-state index < -0.39 is 11.9 Å². The average molecular weight is 708 g/mol. The summed E-state index contributed by atoms with van der Waals surface area (Å²) in [7, 11) is 0. The zero-order chi connectivity index (χ0) is 33.7. The summed E-state index contributed by atoms with van der Waals surface area (Å²) in [4.78, 5) is 24.7. The van der Waals surface area contributed by atoms with E-state index in [0.717, 1.165) is 63.5 Å². The Balaban J connectivity index is 0.000000185. The zero-order valence-corrected chi connectivity index (χ0v) is 29.4. The molecule has 6 heterocycles. The molecule has 6 rings (SSSR count). The van der Waals surface area contributed by atoms with Crippen LogP contribution in [0.25, 0.3) is 11.0 Å². The van der Waals surface area contributed by atoms with Crippen LogP contribution in [-0.4, -0.2) is 70.8 Å². The Morgan fingerprint density at radius 1 is 0.809 bits per heavy atom. The molecule has 0 aliphatic carbocycles. The SMILES string of the molecule is CCOC(=O)c1c(Cl)c(C(C)C2CCOCC2)n2ncc(Cl)cc12.CCOC(=O)c1c(Cl)c(C(C)C2CCOCC2)n2ncccc12. The van der Waals surface area contributed by atoms with Crippen LogP contribution in [-0.2, 0) is 18.9 Å². The molecule has 2 fully saturated rings. The first-order chi connectivity index (χ1) is 22.7. The molecular formula is C34H41Cl3N4O6. The first-order valence-corrected chi connectivity index (χ1v) is 17.3. The number of carbonyl (C=O) groups is 2. The maximum Gasteiger partial charge on any atom is 0.341 e. The smallest absolute Gasteiger partial charge is 0.341 e. The first-order valence-electron chi connectivity index (χ1n) is 16.2. The largest absolute Gasteiger partial charge is 0.462 e. The molecule has 2 unspecified atom stereocenters. The predicted octanol–water partition coefficient (Wildman–Crippen LogP) is 8.04. The van der Waals surface area contributed by atoms with E-state index >= 15 is 0 Å². The van der Waals surface area contributed by atoms with Crippen LogP contribution in [0.3, 0.4) is 0 Å². The van der Waals surface area contributed by atoms with E-state index in [1.54, 1.807) is 47.4 Å². The Hall–Kier alpha value is -2.89. The molecule has 0 bridgehead atoms. The summed E-state index contributed by atoms with van der Waals surface area (Å²) in [6.07, 6.45) is 7.18. The molecule has 13 heteroatoms. The second kappa shape index (κ2) is 16.0. The van der Waals surface area contributed by atoms with Crippen LogP contribution in [0.4, 0.5) is 0 Å². The number of halogens is 3. The van der Waals surface area contributed by atoms with Gasteiger partial charge in [0, 0.05) is 44.5 Å². The Morgan fingerprint density at radius 3 is 1.77 bits per heavy atom. The van der Waals surface area contributed by atoms with Gasteiger partial charge in [-0.25, -0.2) is 18.6 Å². The van der Waals surface area contributed by atoms with Crippen molar-refractivity contribution in [3.63, 3.8) is 0 Å². The molecule has 2 saturated heterocycles. The Kier molecular flexibility index (Phi) is 12.1. The lowest BCUT2D eigenvalue weighted by Gasteiger charge is -2.27. The fourth-order valence-corrected chi connectivity index (χ4v) is 7.65. The topological polar surface area (TPSA) is 106 Å². The minimum atomic E-state index is -0.450. The van der Waals surface area contributed by atoms with Crippen LogP contribution in [0.5, 0.6) is 0 Å². The lowest BCUT2D eigenvalue weighted by molar-refractivity contribution is 0.0519. The number of fused-ring (bicyclic) bond motifs is 2. The van der Waals surface area contributed by atoms with Gasteiger partial charge < -0.3 is 18.9 Å². The Bertz CT molecular complexity index is 1710. The van der Waals surface area contributed by atoms with Crippen molar-refractivity contribution < 1.29 is 28.5 Å². The highest BCUT2D eigenvalue weighted by molar-refractivity contribution is 6.36. The minimum absolute atomic E-state index is 0.144. The standard InChI is InChI=1S/C17H20Cl2N2O3.C17H21ClN2O3/c1-3-24-17(22)14-13-8-12(18)9-20-21(13)16(15(14)19)10(2)11-4-6-23-7-5-11;1-3-23-17(21)14-13-5-4-8-19-20(13)16(15(14)18)11(2)12-6-9-22-10-7-12/h8-11H,3-7H2,1-2H3;4-5,8,11-12H,3,6-7,9-10H2,1-2H3. The molecule has 0 N–H and O–H groups in total. The van der Waals surface area contributed by atoms with Gasteiger partial charge in [-0.15, -0.1) is 0 Å². The molecule has 10 nitrogen and oxygen atoms in total. The van der Waals surface area contributed by atoms with Crippen molar-refractivity contribution in [1.29, 1.82) is 0 Å². The molecular weight excluding hydrogens is 667 g/mol. The van der Waals surface area contributed by atoms with Crippen LogP contribution >= 0.6 is 34.8 Å². The van der Waals surface area contributed by atoms with Crippen LogP contribution in [0.15, 0.2) is 30.6 Å². The number of esters is 2. The number of aromatic nitrogens is 4. The number of hydrogen-bond donors (Lipinski definition) is 0. The minimum Gasteiger partial charge on any atom is -0.462 e. The van der Waals surface area contributed by atoms with Crippen molar-refractivity contribution in [2.75, 3.05) is 39.6 Å². The normalized spacial score (nSPS) is 17.3. The summed E-state index contributed by atoms with van der Waals surface area (Å²) < 4.78 is 24.7. The average Bonchev–Trinajstić information content (AvgIpc) is 3.54. The second-order valence-electron chi connectivity index (χ2n) is 11.9. The molecule has 0 amide bonds. The molecule has 254 valence electrons. The maximum atomic E-state index is 12.4. The summed E-state index contributed by atoms with van der Waals surface area (Å²) in [5, 5.41) is 10.1. The molecule has 0 aromatic carbocycles. The van der Waals surface area contributed by atoms with Crippen molar-refractivity contribution in [1.82, 2.24) is 19.2 Å². The lowest BCUT2D eigenvalue weighted by Crippen LogP contribution is -2.21. The maximum absolute atomic E-state index is 12.4. The third kappa shape index (κ3) is 7.42. The molecule has 2 atom stereocenters. The third-order valence-corrected chi connectivity index (χ3v) is 10.1. The van der Waals surface area contributed by atoms with E-state index in [1.807, 2.05) is 6.07 Å². The number of hydrogen-bond acceptors (Lipinski definition) is 8. The van der Waals surface area contributed by atoms with E-state index in [1.165, 1.54) is 0 Å². The van der Waals surface area contributed by atoms with Crippen LogP contribution < -0.4 is 0 Å². The monoisotopic (exact) mass is 706 g/mol. The number of ether oxygens (including phenoxy) is 4. The Labute approximate surface area is 289 Å². The van der Waals surface area contributed by atoms with Gasteiger partial charge in [-0.2, -0.15) is 10.2 Å². The molecule has 4 aromatic heterocycles. The molecule has 2 aliphatic heterocycles. The highest BCUT2D eigenvalue weighted by Crippen LogP contribution is 2.41. The van der Waals surface area contributed by atoms with Gasteiger partial charge in [-0.3, -0.25) is 0 Å². The summed E-state index contributed by atoms with van der Waals surface area (Å²) >= 11 is 19.3. The van der Waals surface area contributed by atoms with Crippen molar-refractivity contribution in [2.24, 2.45) is 11.8 Å². The van der Waals surface area contributed by atoms with E-state index in [2.05, 4.69) is 24.0 Å². The van der Waals surface area contributed by atoms with Gasteiger partial charge in [0.2, 0.25) is 0 Å². The van der Waals surface area contributed by atoms with Gasteiger partial charge in [0.05, 0.1) is 56.9 Å². The van der Waals surface area contributed by atoms with Gasteiger partial charge in [0.25, 0.3) is 0 Å². The summed E-state index contributed by atoms with van der Waals surface area (Å²) in [6, 6.07) is 5.36. The van der Waals surface area contributed by atoms with Gasteiger partial charge in [0.15, 0.2) is 0 Å². The van der Waals surface area contributed by atoms with Gasteiger partial charge in [0.1, 0.15) is 11.1 Å². The summed E-state index contributed by atoms with van der Waals surface area (Å²) in [5.74, 6) is 0.393. The van der Waals surface area contributed by atoms with Crippen LogP contribution in [0, 0.1) is 11.8 Å². The predicted molar refractivity (Wildman–Crippen MR) is 181 cm³/mol. The highest BCUT2D eigenvalue weighted by atomic mass is 35.5. The lowest BCUT2D eigenvalue weighted by atomic mass is 9.85. The van der Waals surface area contributed by atoms with E-state index in [0.29, 0.717) is 55.7 Å².